The molecule has 1 aromatic carbocycles. The zero-order chi connectivity index (χ0) is 14.6. The van der Waals surface area contributed by atoms with E-state index < -0.39 is 9.84 Å². The van der Waals surface area contributed by atoms with Crippen molar-refractivity contribution >= 4 is 32.6 Å². The van der Waals surface area contributed by atoms with Gasteiger partial charge in [0.05, 0.1) is 11.0 Å². The third kappa shape index (κ3) is 3.99. The van der Waals surface area contributed by atoms with Crippen LogP contribution in [-0.2, 0) is 22.1 Å². The van der Waals surface area contributed by atoms with Crippen LogP contribution in [0.2, 0.25) is 0 Å². The molecule has 0 bridgehead atoms. The largest absolute Gasteiger partial charge is 0.327 e. The molecular weight excluding hydrogens is 292 g/mol. The highest BCUT2D eigenvalue weighted by molar-refractivity contribution is 7.99. The Labute approximate surface area is 124 Å². The number of aromatic nitrogens is 2. The summed E-state index contributed by atoms with van der Waals surface area (Å²) in [5, 5.41) is 0. The summed E-state index contributed by atoms with van der Waals surface area (Å²) in [4.78, 5) is 4.47. The van der Waals surface area contributed by atoms with Gasteiger partial charge in [-0.2, -0.15) is 11.8 Å². The van der Waals surface area contributed by atoms with Gasteiger partial charge < -0.3 is 4.57 Å². The molecule has 0 saturated heterocycles. The van der Waals surface area contributed by atoms with Crippen LogP contribution >= 0.6 is 11.8 Å². The number of imidazole rings is 1. The molecule has 0 radical (unpaired) electrons. The first-order valence-electron chi connectivity index (χ1n) is 6.71. The molecule has 0 saturated carbocycles. The molecule has 2 aromatic rings. The summed E-state index contributed by atoms with van der Waals surface area (Å²) in [5.41, 5.74) is 1.89. The number of thioether (sulfide) groups is 1. The van der Waals surface area contributed by atoms with E-state index in [0.717, 1.165) is 35.5 Å². The number of benzene rings is 1. The van der Waals surface area contributed by atoms with E-state index in [1.54, 1.807) is 0 Å². The number of hydrogen-bond acceptors (Lipinski definition) is 4. The van der Waals surface area contributed by atoms with E-state index in [2.05, 4.69) is 11.9 Å². The molecule has 0 amide bonds. The highest BCUT2D eigenvalue weighted by Crippen LogP contribution is 2.18. The molecule has 0 fully saturated rings. The van der Waals surface area contributed by atoms with Crippen LogP contribution < -0.4 is 0 Å². The van der Waals surface area contributed by atoms with E-state index in [-0.39, 0.29) is 5.75 Å². The molecular formula is C14H20N2O2S2. The summed E-state index contributed by atoms with van der Waals surface area (Å²) in [6.45, 7) is 2.96. The van der Waals surface area contributed by atoms with E-state index in [1.807, 2.05) is 40.6 Å². The number of sulfone groups is 1. The minimum Gasteiger partial charge on any atom is -0.327 e. The van der Waals surface area contributed by atoms with Crippen LogP contribution in [0, 0.1) is 0 Å². The fourth-order valence-electron chi connectivity index (χ4n) is 2.19. The van der Waals surface area contributed by atoms with Gasteiger partial charge in [0.1, 0.15) is 11.6 Å². The molecule has 0 atom stereocenters. The van der Waals surface area contributed by atoms with Gasteiger partial charge in [-0.05, 0) is 30.1 Å². The summed E-state index contributed by atoms with van der Waals surface area (Å²) in [7, 11) is -3.07. The summed E-state index contributed by atoms with van der Waals surface area (Å²) < 4.78 is 25.1. The molecule has 20 heavy (non-hydrogen) atoms. The van der Waals surface area contributed by atoms with Gasteiger partial charge in [-0.1, -0.05) is 19.1 Å². The first-order chi connectivity index (χ1) is 9.51. The van der Waals surface area contributed by atoms with Crippen molar-refractivity contribution in [2.75, 3.05) is 17.8 Å². The number of aryl methyl sites for hydroxylation is 1. The molecule has 0 aliphatic heterocycles. The van der Waals surface area contributed by atoms with Crippen LogP contribution in [0.5, 0.6) is 0 Å². The van der Waals surface area contributed by atoms with Crippen LogP contribution in [0.25, 0.3) is 11.0 Å². The lowest BCUT2D eigenvalue weighted by atomic mass is 10.3. The van der Waals surface area contributed by atoms with Crippen molar-refractivity contribution in [2.45, 2.75) is 25.6 Å². The molecule has 0 spiro atoms. The van der Waals surface area contributed by atoms with Crippen molar-refractivity contribution in [3.8, 4) is 0 Å². The van der Waals surface area contributed by atoms with Crippen LogP contribution in [0.1, 0.15) is 19.2 Å². The van der Waals surface area contributed by atoms with Crippen molar-refractivity contribution < 1.29 is 8.42 Å². The second-order valence-electron chi connectivity index (χ2n) is 4.79. The Morgan fingerprint density at radius 1 is 1.30 bits per heavy atom. The maximum absolute atomic E-state index is 11.5. The molecule has 0 aliphatic rings. The molecule has 1 aromatic heterocycles. The van der Waals surface area contributed by atoms with E-state index in [4.69, 9.17) is 0 Å². The maximum Gasteiger partial charge on any atom is 0.154 e. The maximum atomic E-state index is 11.5. The first-order valence-corrected chi connectivity index (χ1v) is 9.92. The van der Waals surface area contributed by atoms with Crippen LogP contribution in [0.15, 0.2) is 24.3 Å². The Morgan fingerprint density at radius 2 is 2.05 bits per heavy atom. The second kappa shape index (κ2) is 6.63. The SMILES string of the molecule is CCSCCCn1c(CS(C)(=O)=O)nc2ccccc21. The van der Waals surface area contributed by atoms with Crippen LogP contribution in [0.4, 0.5) is 0 Å². The first kappa shape index (κ1) is 15.4. The zero-order valence-corrected chi connectivity index (χ0v) is 13.5. The third-order valence-electron chi connectivity index (χ3n) is 3.00. The summed E-state index contributed by atoms with van der Waals surface area (Å²) in [5.74, 6) is 2.85. The predicted octanol–water partition coefficient (Wildman–Crippen LogP) is 2.72. The molecule has 0 unspecified atom stereocenters. The second-order valence-corrected chi connectivity index (χ2v) is 8.32. The predicted molar refractivity (Wildman–Crippen MR) is 85.9 cm³/mol. The van der Waals surface area contributed by atoms with E-state index in [0.29, 0.717) is 5.82 Å². The normalized spacial score (nSPS) is 12.1. The molecule has 0 aliphatic carbocycles. The average Bonchev–Trinajstić information content (AvgIpc) is 2.70. The quantitative estimate of drug-likeness (QED) is 0.738. The summed E-state index contributed by atoms with van der Waals surface area (Å²) >= 11 is 1.90. The van der Waals surface area contributed by atoms with Crippen molar-refractivity contribution in [1.82, 2.24) is 9.55 Å². The average molecular weight is 312 g/mol. The highest BCUT2D eigenvalue weighted by atomic mass is 32.2. The number of nitrogens with zero attached hydrogens (tertiary/aromatic N) is 2. The van der Waals surface area contributed by atoms with Gasteiger partial charge in [-0.15, -0.1) is 0 Å². The van der Waals surface area contributed by atoms with E-state index in [1.165, 1.54) is 6.26 Å². The number of rotatable bonds is 7. The molecule has 6 heteroatoms. The summed E-state index contributed by atoms with van der Waals surface area (Å²) in [6.07, 6.45) is 2.28. The smallest absolute Gasteiger partial charge is 0.154 e. The number of para-hydroxylation sites is 2. The Kier molecular flexibility index (Phi) is 5.10. The van der Waals surface area contributed by atoms with Gasteiger partial charge in [0, 0.05) is 12.8 Å². The molecule has 2 rings (SSSR count). The Morgan fingerprint density at radius 3 is 2.75 bits per heavy atom. The molecule has 1 heterocycles. The molecule has 0 N–H and O–H groups in total. The van der Waals surface area contributed by atoms with Crippen LogP contribution in [-0.4, -0.2) is 35.7 Å². The Balaban J connectivity index is 2.29. The van der Waals surface area contributed by atoms with Crippen molar-refractivity contribution in [2.24, 2.45) is 0 Å². The van der Waals surface area contributed by atoms with Crippen LogP contribution in [0.3, 0.4) is 0 Å². The lowest BCUT2D eigenvalue weighted by Gasteiger charge is -2.08. The van der Waals surface area contributed by atoms with Gasteiger partial charge in [-0.3, -0.25) is 0 Å². The topological polar surface area (TPSA) is 52.0 Å². The molecule has 110 valence electrons. The fraction of sp³-hybridized carbons (Fsp3) is 0.500. The lowest BCUT2D eigenvalue weighted by molar-refractivity contribution is 0.595. The van der Waals surface area contributed by atoms with E-state index in [9.17, 15) is 8.42 Å². The van der Waals surface area contributed by atoms with Gasteiger partial charge in [0.2, 0.25) is 0 Å². The van der Waals surface area contributed by atoms with Crippen molar-refractivity contribution in [3.63, 3.8) is 0 Å². The minimum atomic E-state index is -3.07. The Bertz CT molecular complexity index is 678. The van der Waals surface area contributed by atoms with Gasteiger partial charge >= 0.3 is 0 Å². The number of fused-ring (bicyclic) bond motifs is 1. The fourth-order valence-corrected chi connectivity index (χ4v) is 3.50. The molecule has 4 nitrogen and oxygen atoms in total. The third-order valence-corrected chi connectivity index (χ3v) is 4.77. The van der Waals surface area contributed by atoms with Crippen molar-refractivity contribution in [1.29, 1.82) is 0 Å². The zero-order valence-electron chi connectivity index (χ0n) is 11.9. The Hall–Kier alpha value is -1.01. The number of hydrogen-bond donors (Lipinski definition) is 0. The van der Waals surface area contributed by atoms with Crippen molar-refractivity contribution in [3.05, 3.63) is 30.1 Å². The van der Waals surface area contributed by atoms with Gasteiger partial charge in [0.15, 0.2) is 9.84 Å². The highest BCUT2D eigenvalue weighted by Gasteiger charge is 2.14. The lowest BCUT2D eigenvalue weighted by Crippen LogP contribution is -2.10. The summed E-state index contributed by atoms with van der Waals surface area (Å²) in [6, 6.07) is 7.82. The van der Waals surface area contributed by atoms with Gasteiger partial charge in [-0.25, -0.2) is 13.4 Å². The standard InChI is InChI=1S/C14H20N2O2S2/c1-3-19-10-6-9-16-13-8-5-4-7-12(13)15-14(16)11-20(2,17)18/h4-5,7-8H,3,6,9-11H2,1-2H3. The minimum absolute atomic E-state index is 0.00258. The van der Waals surface area contributed by atoms with E-state index >= 15 is 0 Å². The van der Waals surface area contributed by atoms with Gasteiger partial charge in [0.25, 0.3) is 0 Å². The monoisotopic (exact) mass is 312 g/mol.